The molecule has 3 unspecified atom stereocenters. The Morgan fingerprint density at radius 1 is 1.42 bits per heavy atom. The Labute approximate surface area is 147 Å². The lowest BCUT2D eigenvalue weighted by molar-refractivity contribution is -0.145. The quantitative estimate of drug-likeness (QED) is 0.482. The number of alkyl halides is 1. The zero-order valence-corrected chi connectivity index (χ0v) is 14.8. The van der Waals surface area contributed by atoms with Crippen LogP contribution in [0.3, 0.4) is 0 Å². The van der Waals surface area contributed by atoms with Gasteiger partial charge < -0.3 is 9.84 Å². The van der Waals surface area contributed by atoms with Crippen LogP contribution in [0, 0.1) is 24.7 Å². The number of halogens is 1. The van der Waals surface area contributed by atoms with Gasteiger partial charge in [0.15, 0.2) is 10.7 Å². The molecule has 1 aliphatic carbocycles. The summed E-state index contributed by atoms with van der Waals surface area (Å²) < 4.78 is 27.6. The number of carboxylic acids is 1. The van der Waals surface area contributed by atoms with E-state index in [-0.39, 0.29) is 28.9 Å². The number of thiol groups is 1. The van der Waals surface area contributed by atoms with Gasteiger partial charge in [-0.15, -0.1) is 11.6 Å². The Balaban J connectivity index is 2.22. The molecule has 3 atom stereocenters. The molecule has 130 valence electrons. The molecule has 0 spiro atoms. The average molecular weight is 371 g/mol. The third-order valence-corrected chi connectivity index (χ3v) is 5.06. The molecule has 1 saturated carbocycles. The van der Waals surface area contributed by atoms with Gasteiger partial charge in [-0.3, -0.25) is 0 Å². The van der Waals surface area contributed by atoms with Gasteiger partial charge in [0, 0.05) is 16.9 Å². The molecule has 1 fully saturated rings. The maximum absolute atomic E-state index is 11.1. The molecular weight excluding hydrogens is 352 g/mol. The van der Waals surface area contributed by atoms with Crippen LogP contribution in [0.4, 0.5) is 0 Å². The Kier molecular flexibility index (Phi) is 6.67. The molecule has 2 rings (SSSR count). The highest BCUT2D eigenvalue weighted by atomic mass is 35.5. The summed E-state index contributed by atoms with van der Waals surface area (Å²) in [5.41, 5.74) is 1.52. The summed E-state index contributed by atoms with van der Waals surface area (Å²) in [6.45, 7) is 1.50. The molecular formula is C17H19ClO5S. The third kappa shape index (κ3) is 5.23. The van der Waals surface area contributed by atoms with Crippen LogP contribution in [-0.4, -0.2) is 37.6 Å². The molecule has 5 nitrogen and oxygen atoms in total. The van der Waals surface area contributed by atoms with E-state index in [4.69, 9.17) is 21.4 Å². The SMILES string of the molecule is Cc1ccc([SH](=O)=O)cc1C#CC1CC(Cl)CCC1OCC(=O)O. The maximum atomic E-state index is 11.1. The van der Waals surface area contributed by atoms with Crippen molar-refractivity contribution in [1.29, 1.82) is 0 Å². The first kappa shape index (κ1) is 18.8. The van der Waals surface area contributed by atoms with Gasteiger partial charge in [0.25, 0.3) is 0 Å². The number of hydrogen-bond donors (Lipinski definition) is 2. The number of aliphatic carboxylic acids is 1. The van der Waals surface area contributed by atoms with E-state index in [1.54, 1.807) is 18.2 Å². The number of benzene rings is 1. The molecule has 0 heterocycles. The summed E-state index contributed by atoms with van der Waals surface area (Å²) in [4.78, 5) is 10.9. The molecule has 7 heteroatoms. The fourth-order valence-electron chi connectivity index (χ4n) is 2.65. The van der Waals surface area contributed by atoms with E-state index in [0.29, 0.717) is 18.4 Å². The normalized spacial score (nSPS) is 23.5. The minimum absolute atomic E-state index is 0.0162. The fraction of sp³-hybridized carbons (Fsp3) is 0.471. The molecule has 24 heavy (non-hydrogen) atoms. The smallest absolute Gasteiger partial charge is 0.329 e. The fourth-order valence-corrected chi connectivity index (χ4v) is 3.40. The average Bonchev–Trinajstić information content (AvgIpc) is 2.52. The monoisotopic (exact) mass is 370 g/mol. The number of ether oxygens (including phenoxy) is 1. The highest BCUT2D eigenvalue weighted by molar-refractivity contribution is 7.72. The largest absolute Gasteiger partial charge is 0.480 e. The van der Waals surface area contributed by atoms with E-state index in [1.807, 2.05) is 6.92 Å². The molecule has 0 aromatic heterocycles. The molecule has 0 aliphatic heterocycles. The molecule has 0 amide bonds. The predicted octanol–water partition coefficient (Wildman–Crippen LogP) is 2.19. The molecule has 1 aliphatic rings. The van der Waals surface area contributed by atoms with Gasteiger partial charge >= 0.3 is 5.97 Å². The molecule has 1 aromatic carbocycles. The maximum Gasteiger partial charge on any atom is 0.329 e. The Morgan fingerprint density at radius 3 is 2.83 bits per heavy atom. The molecule has 1 N–H and O–H groups in total. The van der Waals surface area contributed by atoms with Crippen molar-refractivity contribution >= 4 is 28.3 Å². The summed E-state index contributed by atoms with van der Waals surface area (Å²) in [5, 5.41) is 8.75. The molecule has 0 radical (unpaired) electrons. The van der Waals surface area contributed by atoms with Crippen LogP contribution in [0.15, 0.2) is 23.1 Å². The Hall–Kier alpha value is -1.55. The number of carboxylic acid groups (broad SMARTS) is 1. The predicted molar refractivity (Wildman–Crippen MR) is 91.0 cm³/mol. The van der Waals surface area contributed by atoms with E-state index in [2.05, 4.69) is 11.8 Å². The van der Waals surface area contributed by atoms with Gasteiger partial charge in [-0.1, -0.05) is 17.9 Å². The van der Waals surface area contributed by atoms with Gasteiger partial charge in [0.1, 0.15) is 6.61 Å². The van der Waals surface area contributed by atoms with Crippen molar-refractivity contribution in [2.24, 2.45) is 5.92 Å². The summed E-state index contributed by atoms with van der Waals surface area (Å²) in [7, 11) is -2.66. The highest BCUT2D eigenvalue weighted by Gasteiger charge is 2.29. The Morgan fingerprint density at radius 2 is 2.17 bits per heavy atom. The van der Waals surface area contributed by atoms with Gasteiger partial charge in [-0.2, -0.15) is 0 Å². The lowest BCUT2D eigenvalue weighted by Crippen LogP contribution is -2.32. The molecule has 1 aromatic rings. The van der Waals surface area contributed by atoms with Crippen LogP contribution in [-0.2, 0) is 20.2 Å². The van der Waals surface area contributed by atoms with Crippen molar-refractivity contribution in [2.75, 3.05) is 6.61 Å². The van der Waals surface area contributed by atoms with Gasteiger partial charge in [0.2, 0.25) is 0 Å². The zero-order valence-electron chi connectivity index (χ0n) is 13.2. The second-order valence-corrected chi connectivity index (χ2v) is 7.43. The first-order valence-corrected chi connectivity index (χ1v) is 9.22. The van der Waals surface area contributed by atoms with E-state index in [0.717, 1.165) is 12.0 Å². The third-order valence-electron chi connectivity index (χ3n) is 3.97. The van der Waals surface area contributed by atoms with Crippen LogP contribution in [0.25, 0.3) is 0 Å². The van der Waals surface area contributed by atoms with E-state index in [9.17, 15) is 13.2 Å². The van der Waals surface area contributed by atoms with Crippen molar-refractivity contribution in [3.8, 4) is 11.8 Å². The van der Waals surface area contributed by atoms with E-state index >= 15 is 0 Å². The molecule has 0 bridgehead atoms. The van der Waals surface area contributed by atoms with Crippen LogP contribution >= 0.6 is 11.6 Å². The van der Waals surface area contributed by atoms with Crippen LogP contribution in [0.2, 0.25) is 0 Å². The van der Waals surface area contributed by atoms with E-state index < -0.39 is 16.7 Å². The number of carbonyl (C=O) groups is 1. The number of rotatable bonds is 4. The zero-order chi connectivity index (χ0) is 17.7. The summed E-state index contributed by atoms with van der Waals surface area (Å²) in [6.07, 6.45) is 1.76. The topological polar surface area (TPSA) is 80.7 Å². The van der Waals surface area contributed by atoms with Crippen molar-refractivity contribution in [1.82, 2.24) is 0 Å². The lowest BCUT2D eigenvalue weighted by atomic mass is 9.86. The van der Waals surface area contributed by atoms with Crippen LogP contribution in [0.5, 0.6) is 0 Å². The van der Waals surface area contributed by atoms with Crippen LogP contribution < -0.4 is 0 Å². The summed E-state index contributed by atoms with van der Waals surface area (Å²) >= 11 is 6.20. The lowest BCUT2D eigenvalue weighted by Gasteiger charge is -2.30. The van der Waals surface area contributed by atoms with Gasteiger partial charge in [-0.25, -0.2) is 13.2 Å². The minimum Gasteiger partial charge on any atom is -0.480 e. The van der Waals surface area contributed by atoms with Gasteiger partial charge in [0.05, 0.1) is 11.0 Å². The van der Waals surface area contributed by atoms with Crippen molar-refractivity contribution in [2.45, 2.75) is 42.6 Å². The molecule has 0 saturated heterocycles. The first-order valence-electron chi connectivity index (χ1n) is 7.61. The first-order chi connectivity index (χ1) is 11.4. The number of hydrogen-bond acceptors (Lipinski definition) is 4. The Bertz CT molecular complexity index is 739. The van der Waals surface area contributed by atoms with Gasteiger partial charge in [-0.05, 0) is 43.9 Å². The van der Waals surface area contributed by atoms with Crippen molar-refractivity contribution in [3.05, 3.63) is 29.3 Å². The summed E-state index contributed by atoms with van der Waals surface area (Å²) in [5.74, 6) is 4.92. The second-order valence-electron chi connectivity index (χ2n) is 5.79. The van der Waals surface area contributed by atoms with Crippen molar-refractivity contribution in [3.63, 3.8) is 0 Å². The number of aryl methyl sites for hydroxylation is 1. The second kappa shape index (κ2) is 8.52. The summed E-state index contributed by atoms with van der Waals surface area (Å²) in [6, 6.07) is 4.80. The van der Waals surface area contributed by atoms with Crippen LogP contribution in [0.1, 0.15) is 30.4 Å². The van der Waals surface area contributed by atoms with E-state index in [1.165, 1.54) is 0 Å². The van der Waals surface area contributed by atoms with Crippen molar-refractivity contribution < 1.29 is 23.1 Å². The minimum atomic E-state index is -2.66. The standard InChI is InChI=1S/C17H19ClO5S/c1-11-2-6-15(24(21)22)9-12(11)3-4-13-8-14(18)5-7-16(13)23-10-17(19)20/h2,6,9,13-14,16,24H,5,7-8,10H2,1H3,(H,19,20). The highest BCUT2D eigenvalue weighted by Crippen LogP contribution is 2.30.